The van der Waals surface area contributed by atoms with Crippen molar-refractivity contribution in [2.45, 2.75) is 38.3 Å². The number of carbonyl (C=O) groups is 3. The Morgan fingerprint density at radius 2 is 0.950 bits per heavy atom. The van der Waals surface area contributed by atoms with Crippen LogP contribution in [0, 0.1) is 0 Å². The summed E-state index contributed by atoms with van der Waals surface area (Å²) in [7, 11) is 0. The Kier molecular flexibility index (Phi) is 15.0. The van der Waals surface area contributed by atoms with Gasteiger partial charge in [0, 0.05) is 19.4 Å². The molecular weight excluding hydrogens is 300 g/mol. The maximum absolute atomic E-state index is 8.25. The molecule has 20 heavy (non-hydrogen) atoms. The minimum absolute atomic E-state index is 0.314. The van der Waals surface area contributed by atoms with E-state index in [0.29, 0.717) is 3.72 Å². The van der Waals surface area contributed by atoms with Crippen LogP contribution < -0.4 is 15.3 Å². The quantitative estimate of drug-likeness (QED) is 0.396. The van der Waals surface area contributed by atoms with Crippen LogP contribution in [-0.2, 0) is 34.8 Å². The normalized spacial score (nSPS) is 14.8. The summed E-state index contributed by atoms with van der Waals surface area (Å²) in [5.41, 5.74) is 6.06. The molecule has 0 atom stereocenters. The third kappa shape index (κ3) is 7.91. The van der Waals surface area contributed by atoms with Gasteiger partial charge in [0.2, 0.25) is 0 Å². The van der Waals surface area contributed by atoms with Gasteiger partial charge in [-0.05, 0) is 0 Å². The molecule has 0 fully saturated rings. The fraction of sp³-hybridized carbons (Fsp3) is 0.462. The predicted molar refractivity (Wildman–Crippen MR) is 63.3 cm³/mol. The van der Waals surface area contributed by atoms with Crippen molar-refractivity contribution in [1.82, 2.24) is 0 Å². The van der Waals surface area contributed by atoms with Gasteiger partial charge in [-0.3, -0.25) is 0 Å². The van der Waals surface area contributed by atoms with Gasteiger partial charge in [0.25, 0.3) is 0 Å². The van der Waals surface area contributed by atoms with E-state index in [2.05, 4.69) is 55.1 Å². The Balaban J connectivity index is -0.000000268. The second kappa shape index (κ2) is 12.6. The molecule has 0 aromatic rings. The fourth-order valence-electron chi connectivity index (χ4n) is 1.59. The second-order valence-electron chi connectivity index (χ2n) is 3.91. The predicted octanol–water partition coefficient (Wildman–Crippen LogP) is -1.50. The Hall–Kier alpha value is -1.40. The largest absolute Gasteiger partial charge is 0.554 e. The third-order valence-corrected chi connectivity index (χ3v) is 4.36. The van der Waals surface area contributed by atoms with Crippen LogP contribution in [0.2, 0.25) is 3.72 Å². The summed E-state index contributed by atoms with van der Waals surface area (Å²) >= 11 is 2.30. The molecule has 0 heterocycles. The number of hydrogen-bond acceptors (Lipinski definition) is 6. The number of allylic oxidation sites excluding steroid dienone is 4. The average Bonchev–Trinajstić information content (AvgIpc) is 2.48. The Morgan fingerprint density at radius 1 is 0.800 bits per heavy atom. The van der Waals surface area contributed by atoms with E-state index in [9.17, 15) is 0 Å². The van der Waals surface area contributed by atoms with E-state index in [1.54, 1.807) is 0 Å². The molecule has 6 nitrogen and oxygen atoms in total. The molecule has 0 radical (unpaired) electrons. The van der Waals surface area contributed by atoms with E-state index in [1.807, 2.05) is 0 Å². The van der Waals surface area contributed by atoms with Crippen LogP contribution in [0.3, 0.4) is 0 Å². The minimum atomic E-state index is -0.500. The number of rotatable bonds is 0. The zero-order valence-electron chi connectivity index (χ0n) is 12.2. The molecule has 1 aliphatic rings. The maximum atomic E-state index is 8.25. The van der Waals surface area contributed by atoms with E-state index in [1.165, 1.54) is 22.3 Å². The monoisotopic (exact) mass is 318 g/mol. The van der Waals surface area contributed by atoms with Crippen molar-refractivity contribution in [3.8, 4) is 0 Å². The molecule has 1 aliphatic carbocycles. The van der Waals surface area contributed by atoms with Gasteiger partial charge >= 0.3 is 81.1 Å². The standard InChI is InChI=1S/C10H15.3CH2O2.Ti/c1-6-7(2)9(4)10(5)8(6)3;3*2-1-3;/h1-5H3;3*1H,(H,2,3);/q;;;;+3/p-3. The summed E-state index contributed by atoms with van der Waals surface area (Å²) in [4.78, 5) is 24.8. The van der Waals surface area contributed by atoms with Crippen molar-refractivity contribution in [1.29, 1.82) is 0 Å². The van der Waals surface area contributed by atoms with Gasteiger partial charge in [-0.1, -0.05) is 0 Å². The van der Waals surface area contributed by atoms with Gasteiger partial charge in [-0.2, -0.15) is 0 Å². The van der Waals surface area contributed by atoms with Gasteiger partial charge in [0.15, 0.2) is 0 Å². The number of carboxylic acid groups (broad SMARTS) is 3. The average molecular weight is 318 g/mol. The van der Waals surface area contributed by atoms with Crippen molar-refractivity contribution < 1.29 is 50.1 Å². The van der Waals surface area contributed by atoms with Gasteiger partial charge in [-0.25, -0.2) is 0 Å². The summed E-state index contributed by atoms with van der Waals surface area (Å²) in [5.74, 6) is 0. The first kappa shape index (κ1) is 23.7. The van der Waals surface area contributed by atoms with Crippen LogP contribution in [-0.4, -0.2) is 19.4 Å². The van der Waals surface area contributed by atoms with E-state index >= 15 is 0 Å². The summed E-state index contributed by atoms with van der Waals surface area (Å²) in [6, 6.07) is 0. The first-order chi connectivity index (χ1) is 9.13. The van der Waals surface area contributed by atoms with Crippen LogP contribution >= 0.6 is 0 Å². The molecule has 7 heteroatoms. The second-order valence-corrected chi connectivity index (χ2v) is 5.48. The Labute approximate surface area is 130 Å². The van der Waals surface area contributed by atoms with E-state index in [4.69, 9.17) is 29.7 Å². The van der Waals surface area contributed by atoms with Crippen molar-refractivity contribution in [2.75, 3.05) is 0 Å². The van der Waals surface area contributed by atoms with Gasteiger partial charge in [0.05, 0.1) is 0 Å². The van der Waals surface area contributed by atoms with Crippen molar-refractivity contribution in [2.24, 2.45) is 0 Å². The molecule has 1 rings (SSSR count). The van der Waals surface area contributed by atoms with E-state index in [0.717, 1.165) is 0 Å². The van der Waals surface area contributed by atoms with E-state index in [-0.39, 0.29) is 0 Å². The maximum Gasteiger partial charge on any atom is 0.0275 e. The zero-order valence-corrected chi connectivity index (χ0v) is 13.7. The van der Waals surface area contributed by atoms with Crippen LogP contribution in [0.1, 0.15) is 34.6 Å². The molecule has 0 amide bonds. The Bertz CT molecular complexity index is 342. The number of hydrogen-bond donors (Lipinski definition) is 0. The summed E-state index contributed by atoms with van der Waals surface area (Å²) < 4.78 is 0.314. The van der Waals surface area contributed by atoms with Gasteiger partial charge < -0.3 is 29.7 Å². The van der Waals surface area contributed by atoms with Gasteiger partial charge in [-0.15, -0.1) is 0 Å². The molecular formula is C13H18O6Ti. The van der Waals surface area contributed by atoms with Crippen molar-refractivity contribution in [3.05, 3.63) is 22.3 Å². The molecule has 0 aliphatic heterocycles. The van der Waals surface area contributed by atoms with Crippen LogP contribution in [0.4, 0.5) is 0 Å². The fourth-order valence-corrected chi connectivity index (χ4v) is 2.18. The summed E-state index contributed by atoms with van der Waals surface area (Å²) in [6.07, 6.45) is 0. The van der Waals surface area contributed by atoms with Gasteiger partial charge in [0.1, 0.15) is 0 Å². The van der Waals surface area contributed by atoms with E-state index < -0.39 is 19.4 Å². The number of carbonyl (C=O) groups excluding carboxylic acids is 3. The Morgan fingerprint density at radius 3 is 1.00 bits per heavy atom. The van der Waals surface area contributed by atoms with Crippen LogP contribution in [0.5, 0.6) is 0 Å². The molecule has 110 valence electrons. The molecule has 0 saturated heterocycles. The third-order valence-electron chi connectivity index (χ3n) is 3.19. The first-order valence-corrected chi connectivity index (χ1v) is 6.19. The molecule has 0 unspecified atom stereocenters. The van der Waals surface area contributed by atoms with Crippen molar-refractivity contribution in [3.63, 3.8) is 0 Å². The van der Waals surface area contributed by atoms with Crippen molar-refractivity contribution >= 4 is 19.4 Å². The van der Waals surface area contributed by atoms with Crippen LogP contribution in [0.15, 0.2) is 22.3 Å². The SMILES string of the molecule is CC1=C(C)[C](C)([Ti+3])C(C)=C1C.O=C[O-].O=C[O-].O=C[O-]. The molecule has 0 N–H and O–H groups in total. The summed E-state index contributed by atoms with van der Waals surface area (Å²) in [5, 5.41) is 24.8. The van der Waals surface area contributed by atoms with Crippen LogP contribution in [0.25, 0.3) is 0 Å². The molecule has 0 aromatic carbocycles. The molecule has 0 spiro atoms. The first-order valence-electron chi connectivity index (χ1n) is 5.41. The molecule has 0 saturated carbocycles. The zero-order chi connectivity index (χ0) is 16.9. The smallest absolute Gasteiger partial charge is 0.0275 e. The summed E-state index contributed by atoms with van der Waals surface area (Å²) in [6.45, 7) is 9.74. The topological polar surface area (TPSA) is 120 Å². The minimum Gasteiger partial charge on any atom is -0.554 e. The molecule has 0 aromatic heterocycles. The molecule has 0 bridgehead atoms.